The van der Waals surface area contributed by atoms with Gasteiger partial charge in [-0.15, -0.1) is 0 Å². The van der Waals surface area contributed by atoms with Crippen molar-refractivity contribution in [3.63, 3.8) is 0 Å². The minimum absolute atomic E-state index is 0.264. The van der Waals surface area contributed by atoms with Crippen molar-refractivity contribution in [1.82, 2.24) is 10.6 Å². The average Bonchev–Trinajstić information content (AvgIpc) is 2.87. The van der Waals surface area contributed by atoms with Crippen molar-refractivity contribution in [2.24, 2.45) is 0 Å². The van der Waals surface area contributed by atoms with Gasteiger partial charge in [-0.05, 0) is 42.8 Å². The highest BCUT2D eigenvalue weighted by atomic mass is 35.5. The number of imide groups is 1. The summed E-state index contributed by atoms with van der Waals surface area (Å²) in [5.41, 5.74) is -0.214. The first-order chi connectivity index (χ1) is 12.8. The number of halogens is 2. The minimum Gasteiger partial charge on any atom is -0.482 e. The van der Waals surface area contributed by atoms with Gasteiger partial charge in [-0.2, -0.15) is 0 Å². The summed E-state index contributed by atoms with van der Waals surface area (Å²) in [6.07, 6.45) is 0. The third-order valence-electron chi connectivity index (χ3n) is 4.02. The molecule has 0 aliphatic carbocycles. The molecular weight excluding hydrogens is 393 g/mol. The molecule has 2 aromatic carbocycles. The Labute approximate surface area is 165 Å². The Kier molecular flexibility index (Phi) is 5.25. The van der Waals surface area contributed by atoms with E-state index in [-0.39, 0.29) is 6.61 Å². The highest BCUT2D eigenvalue weighted by molar-refractivity contribution is 6.35. The van der Waals surface area contributed by atoms with Gasteiger partial charge in [-0.25, -0.2) is 4.79 Å². The number of hydrogen-bond acceptors (Lipinski definition) is 4. The number of anilines is 1. The van der Waals surface area contributed by atoms with E-state index in [0.29, 0.717) is 27.0 Å². The topological polar surface area (TPSA) is 96.5 Å². The summed E-state index contributed by atoms with van der Waals surface area (Å²) in [7, 11) is 0. The standard InChI is InChI=1S/C18H15Cl2N3O4/c1-18(16(25)22-17(26)23-18)10-3-2-4-12(7-10)21-15(24)9-27-14-6-5-11(19)8-13(14)20/h2-8H,9H2,1H3,(H,21,24)(H2,22,23,25,26). The highest BCUT2D eigenvalue weighted by Crippen LogP contribution is 2.28. The van der Waals surface area contributed by atoms with Crippen LogP contribution in [0.5, 0.6) is 5.75 Å². The van der Waals surface area contributed by atoms with Gasteiger partial charge < -0.3 is 15.4 Å². The number of carbonyl (C=O) groups excluding carboxylic acids is 3. The first kappa shape index (κ1) is 19.0. The second kappa shape index (κ2) is 7.46. The first-order valence-corrected chi connectivity index (χ1v) is 8.65. The summed E-state index contributed by atoms with van der Waals surface area (Å²) >= 11 is 11.8. The molecule has 1 aliphatic rings. The van der Waals surface area contributed by atoms with Gasteiger partial charge >= 0.3 is 6.03 Å². The zero-order chi connectivity index (χ0) is 19.6. The number of nitrogens with one attached hydrogen (secondary N) is 3. The van der Waals surface area contributed by atoms with Gasteiger partial charge in [0.15, 0.2) is 6.61 Å². The molecule has 0 saturated carbocycles. The van der Waals surface area contributed by atoms with E-state index in [2.05, 4.69) is 16.0 Å². The molecule has 1 fully saturated rings. The highest BCUT2D eigenvalue weighted by Gasteiger charge is 2.43. The van der Waals surface area contributed by atoms with Gasteiger partial charge in [-0.1, -0.05) is 35.3 Å². The van der Waals surface area contributed by atoms with Gasteiger partial charge in [0.05, 0.1) is 5.02 Å². The Morgan fingerprint density at radius 3 is 2.63 bits per heavy atom. The molecule has 9 heteroatoms. The van der Waals surface area contributed by atoms with E-state index in [9.17, 15) is 14.4 Å². The summed E-state index contributed by atoms with van der Waals surface area (Å²) < 4.78 is 5.38. The predicted octanol–water partition coefficient (Wildman–Crippen LogP) is 3.07. The second-order valence-corrected chi connectivity index (χ2v) is 6.87. The molecule has 1 unspecified atom stereocenters. The fourth-order valence-corrected chi connectivity index (χ4v) is 3.05. The average molecular weight is 408 g/mol. The number of rotatable bonds is 5. The maximum atomic E-state index is 12.1. The lowest BCUT2D eigenvalue weighted by molar-refractivity contribution is -0.123. The molecule has 7 nitrogen and oxygen atoms in total. The molecule has 3 N–H and O–H groups in total. The molecule has 0 spiro atoms. The van der Waals surface area contributed by atoms with E-state index in [4.69, 9.17) is 27.9 Å². The quantitative estimate of drug-likeness (QED) is 0.663. The van der Waals surface area contributed by atoms with E-state index in [0.717, 1.165) is 0 Å². The van der Waals surface area contributed by atoms with Crippen molar-refractivity contribution in [3.8, 4) is 5.75 Å². The maximum absolute atomic E-state index is 12.1. The van der Waals surface area contributed by atoms with Crippen LogP contribution in [-0.4, -0.2) is 24.5 Å². The SMILES string of the molecule is CC1(c2cccc(NC(=O)COc3ccc(Cl)cc3Cl)c2)NC(=O)NC1=O. The summed E-state index contributed by atoms with van der Waals surface area (Å²) in [6.45, 7) is 1.32. The number of ether oxygens (including phenoxy) is 1. The molecule has 0 radical (unpaired) electrons. The zero-order valence-corrected chi connectivity index (χ0v) is 15.6. The molecule has 140 valence electrons. The minimum atomic E-state index is -1.20. The zero-order valence-electron chi connectivity index (χ0n) is 14.1. The Hall–Kier alpha value is -2.77. The molecule has 1 saturated heterocycles. The molecule has 1 aliphatic heterocycles. The monoisotopic (exact) mass is 407 g/mol. The van der Waals surface area contributed by atoms with Gasteiger partial charge in [0.1, 0.15) is 11.3 Å². The number of amides is 4. The Balaban J connectivity index is 1.66. The molecule has 0 bridgehead atoms. The molecule has 1 atom stereocenters. The van der Waals surface area contributed by atoms with Crippen LogP contribution in [0.1, 0.15) is 12.5 Å². The van der Waals surface area contributed by atoms with Gasteiger partial charge in [0.25, 0.3) is 11.8 Å². The maximum Gasteiger partial charge on any atom is 0.322 e. The van der Waals surface area contributed by atoms with Gasteiger partial charge in [0.2, 0.25) is 0 Å². The molecule has 27 heavy (non-hydrogen) atoms. The molecule has 3 rings (SSSR count). The molecular formula is C18H15Cl2N3O4. The van der Waals surface area contributed by atoms with E-state index in [1.807, 2.05) is 0 Å². The number of hydrogen-bond donors (Lipinski definition) is 3. The summed E-state index contributed by atoms with van der Waals surface area (Å²) in [4.78, 5) is 35.6. The number of urea groups is 1. The third-order valence-corrected chi connectivity index (χ3v) is 4.55. The van der Waals surface area contributed by atoms with Crippen molar-refractivity contribution in [3.05, 3.63) is 58.1 Å². The Morgan fingerprint density at radius 1 is 1.19 bits per heavy atom. The Morgan fingerprint density at radius 2 is 1.96 bits per heavy atom. The summed E-state index contributed by atoms with van der Waals surface area (Å²) in [6, 6.07) is 10.8. The lowest BCUT2D eigenvalue weighted by atomic mass is 9.92. The van der Waals surface area contributed by atoms with Crippen molar-refractivity contribution < 1.29 is 19.1 Å². The van der Waals surface area contributed by atoms with Crippen LogP contribution in [0.4, 0.5) is 10.5 Å². The second-order valence-electron chi connectivity index (χ2n) is 6.03. The summed E-state index contributed by atoms with van der Waals surface area (Å²) in [5.74, 6) is -0.539. The van der Waals surface area contributed by atoms with E-state index >= 15 is 0 Å². The number of benzene rings is 2. The van der Waals surface area contributed by atoms with Gasteiger partial charge in [0, 0.05) is 10.7 Å². The normalized spacial score (nSPS) is 18.6. The van der Waals surface area contributed by atoms with Crippen LogP contribution < -0.4 is 20.7 Å². The van der Waals surface area contributed by atoms with Crippen molar-refractivity contribution in [2.75, 3.05) is 11.9 Å². The van der Waals surface area contributed by atoms with Crippen LogP contribution in [-0.2, 0) is 15.1 Å². The predicted molar refractivity (Wildman–Crippen MR) is 101 cm³/mol. The fourth-order valence-electron chi connectivity index (χ4n) is 2.59. The van der Waals surface area contributed by atoms with E-state index in [1.54, 1.807) is 43.3 Å². The van der Waals surface area contributed by atoms with Crippen LogP contribution in [0.25, 0.3) is 0 Å². The number of carbonyl (C=O) groups is 3. The first-order valence-electron chi connectivity index (χ1n) is 7.90. The molecule has 2 aromatic rings. The molecule has 0 aromatic heterocycles. The van der Waals surface area contributed by atoms with Crippen LogP contribution in [0.2, 0.25) is 10.0 Å². The smallest absolute Gasteiger partial charge is 0.322 e. The molecule has 4 amide bonds. The van der Waals surface area contributed by atoms with Crippen molar-refractivity contribution in [2.45, 2.75) is 12.5 Å². The van der Waals surface area contributed by atoms with Crippen LogP contribution in [0.15, 0.2) is 42.5 Å². The third kappa shape index (κ3) is 4.15. The van der Waals surface area contributed by atoms with Crippen molar-refractivity contribution >= 4 is 46.7 Å². The lowest BCUT2D eigenvalue weighted by Gasteiger charge is -2.21. The van der Waals surface area contributed by atoms with Crippen LogP contribution in [0, 0.1) is 0 Å². The Bertz CT molecular complexity index is 935. The van der Waals surface area contributed by atoms with E-state index < -0.39 is 23.4 Å². The largest absolute Gasteiger partial charge is 0.482 e. The molecule has 1 heterocycles. The summed E-state index contributed by atoms with van der Waals surface area (Å²) in [5, 5.41) is 8.20. The fraction of sp³-hybridized carbons (Fsp3) is 0.167. The van der Waals surface area contributed by atoms with Crippen molar-refractivity contribution in [1.29, 1.82) is 0 Å². The van der Waals surface area contributed by atoms with Crippen LogP contribution in [0.3, 0.4) is 0 Å². The van der Waals surface area contributed by atoms with Crippen LogP contribution >= 0.6 is 23.2 Å². The lowest BCUT2D eigenvalue weighted by Crippen LogP contribution is -2.40. The van der Waals surface area contributed by atoms with Gasteiger partial charge in [-0.3, -0.25) is 14.9 Å². The van der Waals surface area contributed by atoms with E-state index in [1.165, 1.54) is 6.07 Å².